The molecule has 0 aliphatic carbocycles. The van der Waals surface area contributed by atoms with Gasteiger partial charge in [0.05, 0.1) is 17.5 Å². The molecule has 1 aromatic heterocycles. The van der Waals surface area contributed by atoms with Gasteiger partial charge in [-0.2, -0.15) is 0 Å². The highest BCUT2D eigenvalue weighted by atomic mass is 32.1. The molecule has 1 atom stereocenters. The molecule has 0 fully saturated rings. The standard InChI is InChI=1S/C6H9NO3S/c8-1-5(9)2-10-6-3-11-4-7-6/h3-5,8-9H,1-2H2/t5-/m1/s1. The van der Waals surface area contributed by atoms with Crippen LogP contribution >= 0.6 is 11.3 Å². The zero-order valence-electron chi connectivity index (χ0n) is 5.80. The average molecular weight is 175 g/mol. The topological polar surface area (TPSA) is 62.6 Å². The molecule has 5 heteroatoms. The fourth-order valence-electron chi connectivity index (χ4n) is 0.507. The van der Waals surface area contributed by atoms with E-state index in [0.717, 1.165) is 0 Å². The van der Waals surface area contributed by atoms with Gasteiger partial charge in [-0.15, -0.1) is 11.3 Å². The van der Waals surface area contributed by atoms with Crippen LogP contribution in [0.1, 0.15) is 0 Å². The van der Waals surface area contributed by atoms with Crippen LogP contribution < -0.4 is 4.74 Å². The van der Waals surface area contributed by atoms with Crippen molar-refractivity contribution in [1.82, 2.24) is 4.98 Å². The van der Waals surface area contributed by atoms with Gasteiger partial charge in [-0.05, 0) is 0 Å². The van der Waals surface area contributed by atoms with Crippen molar-refractivity contribution >= 4 is 11.3 Å². The van der Waals surface area contributed by atoms with Crippen molar-refractivity contribution in [2.24, 2.45) is 0 Å². The Balaban J connectivity index is 2.23. The summed E-state index contributed by atoms with van der Waals surface area (Å²) < 4.78 is 4.99. The monoisotopic (exact) mass is 175 g/mol. The van der Waals surface area contributed by atoms with Crippen molar-refractivity contribution in [1.29, 1.82) is 0 Å². The number of thiazole rings is 1. The molecule has 0 bridgehead atoms. The molecular weight excluding hydrogens is 166 g/mol. The predicted molar refractivity (Wildman–Crippen MR) is 40.7 cm³/mol. The molecule has 0 amide bonds. The minimum atomic E-state index is -0.823. The smallest absolute Gasteiger partial charge is 0.224 e. The van der Waals surface area contributed by atoms with E-state index in [1.165, 1.54) is 11.3 Å². The number of aromatic nitrogens is 1. The van der Waals surface area contributed by atoms with Crippen molar-refractivity contribution in [2.75, 3.05) is 13.2 Å². The molecule has 0 unspecified atom stereocenters. The molecule has 2 N–H and O–H groups in total. The summed E-state index contributed by atoms with van der Waals surface area (Å²) in [6, 6.07) is 0. The normalized spacial score (nSPS) is 12.9. The van der Waals surface area contributed by atoms with E-state index in [9.17, 15) is 0 Å². The first-order chi connectivity index (χ1) is 5.33. The maximum atomic E-state index is 8.86. The lowest BCUT2D eigenvalue weighted by molar-refractivity contribution is 0.0523. The summed E-state index contributed by atoms with van der Waals surface area (Å²) in [7, 11) is 0. The highest BCUT2D eigenvalue weighted by molar-refractivity contribution is 7.07. The second kappa shape index (κ2) is 4.27. The van der Waals surface area contributed by atoms with Crippen molar-refractivity contribution in [3.8, 4) is 5.88 Å². The Morgan fingerprint density at radius 1 is 1.73 bits per heavy atom. The van der Waals surface area contributed by atoms with Gasteiger partial charge >= 0.3 is 0 Å². The second-order valence-corrected chi connectivity index (χ2v) is 2.69. The Hall–Kier alpha value is -0.650. The molecule has 11 heavy (non-hydrogen) atoms. The van der Waals surface area contributed by atoms with E-state index in [-0.39, 0.29) is 13.2 Å². The van der Waals surface area contributed by atoms with Crippen LogP contribution in [0.4, 0.5) is 0 Å². The maximum absolute atomic E-state index is 8.86. The van der Waals surface area contributed by atoms with Gasteiger partial charge in [-0.1, -0.05) is 0 Å². The second-order valence-electron chi connectivity index (χ2n) is 1.97. The van der Waals surface area contributed by atoms with Gasteiger partial charge in [0, 0.05) is 0 Å². The van der Waals surface area contributed by atoms with Gasteiger partial charge in [0.1, 0.15) is 12.7 Å². The lowest BCUT2D eigenvalue weighted by Gasteiger charge is -2.06. The molecule has 0 spiro atoms. The summed E-state index contributed by atoms with van der Waals surface area (Å²) in [5, 5.41) is 19.0. The lowest BCUT2D eigenvalue weighted by Crippen LogP contribution is -2.21. The number of hydrogen-bond acceptors (Lipinski definition) is 5. The quantitative estimate of drug-likeness (QED) is 0.669. The van der Waals surface area contributed by atoms with Crippen LogP contribution in [-0.4, -0.2) is 34.5 Å². The lowest BCUT2D eigenvalue weighted by atomic mass is 10.4. The zero-order chi connectivity index (χ0) is 8.10. The van der Waals surface area contributed by atoms with E-state index in [2.05, 4.69) is 4.98 Å². The van der Waals surface area contributed by atoms with Gasteiger partial charge in [0.15, 0.2) is 0 Å². The van der Waals surface area contributed by atoms with Crippen molar-refractivity contribution < 1.29 is 14.9 Å². The molecule has 62 valence electrons. The van der Waals surface area contributed by atoms with E-state index in [0.29, 0.717) is 5.88 Å². The Kier molecular flexibility index (Phi) is 3.28. The number of aliphatic hydroxyl groups is 2. The zero-order valence-corrected chi connectivity index (χ0v) is 6.62. The van der Waals surface area contributed by atoms with Crippen LogP contribution in [0.5, 0.6) is 5.88 Å². The minimum absolute atomic E-state index is 0.0836. The number of hydrogen-bond donors (Lipinski definition) is 2. The van der Waals surface area contributed by atoms with Gasteiger partial charge in [0.2, 0.25) is 5.88 Å². The molecule has 0 aliphatic heterocycles. The first-order valence-electron chi connectivity index (χ1n) is 3.13. The van der Waals surface area contributed by atoms with E-state index in [4.69, 9.17) is 14.9 Å². The third-order valence-electron chi connectivity index (χ3n) is 1.04. The molecule has 0 aliphatic rings. The van der Waals surface area contributed by atoms with Gasteiger partial charge < -0.3 is 14.9 Å². The summed E-state index contributed by atoms with van der Waals surface area (Å²) in [6.45, 7) is -0.204. The summed E-state index contributed by atoms with van der Waals surface area (Å²) >= 11 is 1.42. The third kappa shape index (κ3) is 2.83. The Morgan fingerprint density at radius 3 is 3.09 bits per heavy atom. The molecule has 0 saturated carbocycles. The highest BCUT2D eigenvalue weighted by Gasteiger charge is 2.02. The molecule has 1 heterocycles. The fourth-order valence-corrected chi connectivity index (χ4v) is 0.978. The Bertz CT molecular complexity index is 190. The maximum Gasteiger partial charge on any atom is 0.224 e. The summed E-state index contributed by atoms with van der Waals surface area (Å²) in [5.41, 5.74) is 1.64. The molecular formula is C6H9NO3S. The Morgan fingerprint density at radius 2 is 2.55 bits per heavy atom. The van der Waals surface area contributed by atoms with Crippen LogP contribution in [0.2, 0.25) is 0 Å². The molecule has 4 nitrogen and oxygen atoms in total. The number of rotatable bonds is 4. The van der Waals surface area contributed by atoms with Crippen LogP contribution in [-0.2, 0) is 0 Å². The molecule has 1 rings (SSSR count). The highest BCUT2D eigenvalue weighted by Crippen LogP contribution is 2.09. The minimum Gasteiger partial charge on any atom is -0.474 e. The summed E-state index contributed by atoms with van der Waals surface area (Å²) in [6.07, 6.45) is -0.823. The fraction of sp³-hybridized carbons (Fsp3) is 0.500. The van der Waals surface area contributed by atoms with Gasteiger partial charge in [-0.25, -0.2) is 4.98 Å². The van der Waals surface area contributed by atoms with Crippen molar-refractivity contribution in [3.63, 3.8) is 0 Å². The van der Waals surface area contributed by atoms with E-state index >= 15 is 0 Å². The predicted octanol–water partition coefficient (Wildman–Crippen LogP) is -0.125. The van der Waals surface area contributed by atoms with E-state index < -0.39 is 6.10 Å². The van der Waals surface area contributed by atoms with Gasteiger partial charge in [-0.3, -0.25) is 0 Å². The molecule has 0 saturated heterocycles. The first-order valence-corrected chi connectivity index (χ1v) is 4.07. The molecule has 0 aromatic carbocycles. The Labute approximate surface area is 68.1 Å². The van der Waals surface area contributed by atoms with Crippen LogP contribution in [0.25, 0.3) is 0 Å². The first kappa shape index (κ1) is 8.45. The van der Waals surface area contributed by atoms with E-state index in [1.807, 2.05) is 0 Å². The molecule has 0 radical (unpaired) electrons. The number of aliphatic hydroxyl groups excluding tert-OH is 2. The van der Waals surface area contributed by atoms with Crippen molar-refractivity contribution in [2.45, 2.75) is 6.10 Å². The largest absolute Gasteiger partial charge is 0.474 e. The number of nitrogens with zero attached hydrogens (tertiary/aromatic N) is 1. The van der Waals surface area contributed by atoms with Crippen molar-refractivity contribution in [3.05, 3.63) is 10.9 Å². The SMILES string of the molecule is OC[C@@H](O)COc1cscn1. The summed E-state index contributed by atoms with van der Waals surface area (Å²) in [5.74, 6) is 0.488. The number of ether oxygens (including phenoxy) is 1. The van der Waals surface area contributed by atoms with Crippen LogP contribution in [0, 0.1) is 0 Å². The van der Waals surface area contributed by atoms with Gasteiger partial charge in [0.25, 0.3) is 0 Å². The van der Waals surface area contributed by atoms with Crippen LogP contribution in [0.15, 0.2) is 10.9 Å². The summed E-state index contributed by atoms with van der Waals surface area (Å²) in [4.78, 5) is 3.83. The van der Waals surface area contributed by atoms with E-state index in [1.54, 1.807) is 10.9 Å². The average Bonchev–Trinajstić information content (AvgIpc) is 2.52. The molecule has 1 aromatic rings. The van der Waals surface area contributed by atoms with Crippen LogP contribution in [0.3, 0.4) is 0 Å². The third-order valence-corrected chi connectivity index (χ3v) is 1.61.